The molecule has 26 heavy (non-hydrogen) atoms. The topological polar surface area (TPSA) is 125 Å². The number of amides is 1. The zero-order valence-corrected chi connectivity index (χ0v) is 14.2. The highest BCUT2D eigenvalue weighted by molar-refractivity contribution is 6.35. The Hall–Kier alpha value is -3.53. The van der Waals surface area contributed by atoms with Gasteiger partial charge in [-0.3, -0.25) is 10.2 Å². The van der Waals surface area contributed by atoms with E-state index in [1.165, 1.54) is 5.01 Å². The SMILES string of the molecule is CCOC(=O)C(=O)N(N)C1=NN=C2N=C(C)C=C(c3ccccc3)N2N1. The summed E-state index contributed by atoms with van der Waals surface area (Å²) in [7, 11) is 0. The van der Waals surface area contributed by atoms with Crippen LogP contribution in [0.1, 0.15) is 19.4 Å². The summed E-state index contributed by atoms with van der Waals surface area (Å²) in [5.74, 6) is 3.69. The minimum absolute atomic E-state index is 0.0572. The molecule has 2 heterocycles. The van der Waals surface area contributed by atoms with E-state index in [1.807, 2.05) is 43.3 Å². The number of aliphatic imine (C=N–C) groups is 1. The zero-order chi connectivity index (χ0) is 18.7. The molecule has 10 nitrogen and oxygen atoms in total. The van der Waals surface area contributed by atoms with Gasteiger partial charge >= 0.3 is 11.9 Å². The standard InChI is InChI=1S/C16H17N7O3/c1-3-26-14(25)13(24)22(17)16-20-19-15-18-10(2)9-12(23(15)21-16)11-7-5-4-6-8-11/h4-9H,3,17H2,1-2H3,(H,20,21). The first-order valence-electron chi connectivity index (χ1n) is 7.82. The third-order valence-corrected chi connectivity index (χ3v) is 3.48. The number of allylic oxidation sites excluding steroid dienone is 1. The molecule has 0 saturated carbocycles. The Morgan fingerprint density at radius 2 is 2.00 bits per heavy atom. The smallest absolute Gasteiger partial charge is 0.398 e. The second-order valence-electron chi connectivity index (χ2n) is 5.32. The molecule has 3 rings (SSSR count). The summed E-state index contributed by atoms with van der Waals surface area (Å²) in [5.41, 5.74) is 5.22. The number of carbonyl (C=O) groups is 2. The van der Waals surface area contributed by atoms with Gasteiger partial charge in [-0.25, -0.2) is 25.6 Å². The van der Waals surface area contributed by atoms with Crippen LogP contribution in [0.2, 0.25) is 0 Å². The fourth-order valence-corrected chi connectivity index (χ4v) is 2.31. The molecule has 0 aromatic heterocycles. The lowest BCUT2D eigenvalue weighted by Gasteiger charge is -2.33. The number of nitrogens with zero attached hydrogens (tertiary/aromatic N) is 5. The van der Waals surface area contributed by atoms with Gasteiger partial charge < -0.3 is 4.74 Å². The van der Waals surface area contributed by atoms with E-state index in [0.717, 1.165) is 17.0 Å². The Kier molecular flexibility index (Phi) is 4.76. The third-order valence-electron chi connectivity index (χ3n) is 3.48. The Bertz CT molecular complexity index is 858. The Labute approximate surface area is 149 Å². The molecule has 1 amide bonds. The third kappa shape index (κ3) is 3.30. The number of carbonyl (C=O) groups excluding carboxylic acids is 2. The second kappa shape index (κ2) is 7.15. The van der Waals surface area contributed by atoms with Gasteiger partial charge in [0.05, 0.1) is 12.3 Å². The number of nitrogens with two attached hydrogens (primary N) is 1. The van der Waals surface area contributed by atoms with Crippen molar-refractivity contribution in [3.05, 3.63) is 42.0 Å². The van der Waals surface area contributed by atoms with Crippen molar-refractivity contribution in [1.82, 2.24) is 15.4 Å². The number of hydrogen-bond acceptors (Lipinski definition) is 9. The van der Waals surface area contributed by atoms with Gasteiger partial charge in [-0.2, -0.15) is 0 Å². The van der Waals surface area contributed by atoms with Gasteiger partial charge in [0.2, 0.25) is 0 Å². The highest BCUT2D eigenvalue weighted by Gasteiger charge is 2.31. The zero-order valence-electron chi connectivity index (χ0n) is 14.2. The van der Waals surface area contributed by atoms with Crippen LogP contribution in [0.5, 0.6) is 0 Å². The van der Waals surface area contributed by atoms with Crippen LogP contribution < -0.4 is 11.3 Å². The summed E-state index contributed by atoms with van der Waals surface area (Å²) in [6.45, 7) is 3.48. The van der Waals surface area contributed by atoms with E-state index in [4.69, 9.17) is 5.84 Å². The van der Waals surface area contributed by atoms with E-state index in [9.17, 15) is 9.59 Å². The molecular formula is C16H17N7O3. The van der Waals surface area contributed by atoms with Gasteiger partial charge in [0, 0.05) is 11.3 Å². The van der Waals surface area contributed by atoms with Crippen LogP contribution in [0.15, 0.2) is 51.6 Å². The van der Waals surface area contributed by atoms with E-state index >= 15 is 0 Å². The van der Waals surface area contributed by atoms with Crippen LogP contribution in [0.25, 0.3) is 5.70 Å². The van der Waals surface area contributed by atoms with Crippen LogP contribution in [-0.4, -0.2) is 46.1 Å². The van der Waals surface area contributed by atoms with Crippen LogP contribution in [0.3, 0.4) is 0 Å². The monoisotopic (exact) mass is 355 g/mol. The average Bonchev–Trinajstić information content (AvgIpc) is 2.66. The van der Waals surface area contributed by atoms with Crippen LogP contribution >= 0.6 is 0 Å². The number of hydrogen-bond donors (Lipinski definition) is 2. The molecule has 1 aromatic rings. The van der Waals surface area contributed by atoms with Gasteiger partial charge in [-0.1, -0.05) is 30.3 Å². The fourth-order valence-electron chi connectivity index (χ4n) is 2.31. The van der Waals surface area contributed by atoms with Crippen molar-refractivity contribution < 1.29 is 14.3 Å². The number of benzene rings is 1. The van der Waals surface area contributed by atoms with E-state index in [-0.39, 0.29) is 18.5 Å². The first-order valence-corrected chi connectivity index (χ1v) is 7.82. The molecule has 0 radical (unpaired) electrons. The van der Waals surface area contributed by atoms with E-state index in [2.05, 4.69) is 25.4 Å². The lowest BCUT2D eigenvalue weighted by atomic mass is 10.1. The number of guanidine groups is 2. The quantitative estimate of drug-likeness (QED) is 0.257. The maximum absolute atomic E-state index is 12.0. The molecule has 0 atom stereocenters. The largest absolute Gasteiger partial charge is 0.459 e. The fraction of sp³-hybridized carbons (Fsp3) is 0.188. The molecule has 3 N–H and O–H groups in total. The van der Waals surface area contributed by atoms with Crippen LogP contribution in [0, 0.1) is 0 Å². The van der Waals surface area contributed by atoms with Gasteiger partial charge in [0.25, 0.3) is 11.9 Å². The minimum atomic E-state index is -1.08. The average molecular weight is 355 g/mol. The number of fused-ring (bicyclic) bond motifs is 1. The molecule has 0 bridgehead atoms. The molecule has 0 saturated heterocycles. The van der Waals surface area contributed by atoms with Gasteiger partial charge in [-0.15, -0.1) is 10.2 Å². The number of hydrazine groups is 2. The summed E-state index contributed by atoms with van der Waals surface area (Å²) in [5, 5.41) is 9.89. The molecule has 10 heteroatoms. The van der Waals surface area contributed by atoms with Crippen molar-refractivity contribution in [3.8, 4) is 0 Å². The second-order valence-corrected chi connectivity index (χ2v) is 5.32. The lowest BCUT2D eigenvalue weighted by molar-refractivity contribution is -0.158. The number of ether oxygens (including phenoxy) is 1. The maximum atomic E-state index is 12.0. The molecule has 0 aliphatic carbocycles. The van der Waals surface area contributed by atoms with Gasteiger partial charge in [-0.05, 0) is 19.9 Å². The Balaban J connectivity index is 1.88. The molecule has 2 aliphatic rings. The molecule has 0 unspecified atom stereocenters. The number of esters is 1. The summed E-state index contributed by atoms with van der Waals surface area (Å²) in [6, 6.07) is 9.52. The summed E-state index contributed by atoms with van der Waals surface area (Å²) in [6.07, 6.45) is 1.85. The van der Waals surface area contributed by atoms with Crippen molar-refractivity contribution >= 4 is 35.2 Å². The summed E-state index contributed by atoms with van der Waals surface area (Å²) < 4.78 is 4.65. The van der Waals surface area contributed by atoms with Crippen molar-refractivity contribution in [2.75, 3.05) is 6.61 Å². The molecule has 0 spiro atoms. The maximum Gasteiger partial charge on any atom is 0.398 e. The van der Waals surface area contributed by atoms with Gasteiger partial charge in [0.1, 0.15) is 0 Å². The van der Waals surface area contributed by atoms with E-state index < -0.39 is 11.9 Å². The normalized spacial score (nSPS) is 15.6. The lowest BCUT2D eigenvalue weighted by Crippen LogP contribution is -2.58. The van der Waals surface area contributed by atoms with Crippen molar-refractivity contribution in [2.45, 2.75) is 13.8 Å². The highest BCUT2D eigenvalue weighted by Crippen LogP contribution is 2.23. The summed E-state index contributed by atoms with van der Waals surface area (Å²) >= 11 is 0. The first-order chi connectivity index (χ1) is 12.5. The minimum Gasteiger partial charge on any atom is -0.459 e. The number of rotatable bonds is 2. The highest BCUT2D eigenvalue weighted by atomic mass is 16.5. The summed E-state index contributed by atoms with van der Waals surface area (Å²) in [4.78, 5) is 27.9. The number of nitrogens with one attached hydrogen (secondary N) is 1. The predicted octanol–water partition coefficient (Wildman–Crippen LogP) is 0.215. The van der Waals surface area contributed by atoms with E-state index in [1.54, 1.807) is 6.92 Å². The Morgan fingerprint density at radius 3 is 2.69 bits per heavy atom. The molecule has 0 fully saturated rings. The molecular weight excluding hydrogens is 338 g/mol. The van der Waals surface area contributed by atoms with Crippen molar-refractivity contribution in [3.63, 3.8) is 0 Å². The predicted molar refractivity (Wildman–Crippen MR) is 95.0 cm³/mol. The van der Waals surface area contributed by atoms with Crippen molar-refractivity contribution in [2.24, 2.45) is 21.0 Å². The molecule has 1 aromatic carbocycles. The van der Waals surface area contributed by atoms with Crippen LogP contribution in [0.4, 0.5) is 0 Å². The Morgan fingerprint density at radius 1 is 1.27 bits per heavy atom. The van der Waals surface area contributed by atoms with E-state index in [0.29, 0.717) is 5.01 Å². The first kappa shape index (κ1) is 17.3. The van der Waals surface area contributed by atoms with Crippen LogP contribution in [-0.2, 0) is 14.3 Å². The molecule has 134 valence electrons. The molecule has 2 aliphatic heterocycles. The van der Waals surface area contributed by atoms with Gasteiger partial charge in [0.15, 0.2) is 0 Å². The van der Waals surface area contributed by atoms with Crippen molar-refractivity contribution in [1.29, 1.82) is 0 Å².